The van der Waals surface area contributed by atoms with Crippen LogP contribution >= 0.6 is 0 Å². The lowest BCUT2D eigenvalue weighted by Crippen LogP contribution is -2.08. The Morgan fingerprint density at radius 1 is 0.750 bits per heavy atom. The minimum atomic E-state index is -0.497. The van der Waals surface area contributed by atoms with Crippen molar-refractivity contribution in [3.63, 3.8) is 0 Å². The molecule has 0 aliphatic carbocycles. The van der Waals surface area contributed by atoms with Crippen molar-refractivity contribution in [3.8, 4) is 0 Å². The molecule has 3 aromatic rings. The van der Waals surface area contributed by atoms with Crippen LogP contribution in [-0.4, -0.2) is 5.11 Å². The van der Waals surface area contributed by atoms with Crippen LogP contribution < -0.4 is 0 Å². The topological polar surface area (TPSA) is 20.2 Å². The molecule has 2 atom stereocenters. The summed E-state index contributed by atoms with van der Waals surface area (Å²) in [6, 6.07) is 24.5. The minimum Gasteiger partial charge on any atom is -0.388 e. The number of aliphatic hydroxyl groups is 1. The highest BCUT2D eigenvalue weighted by Crippen LogP contribution is 2.34. The summed E-state index contributed by atoms with van der Waals surface area (Å²) >= 11 is 0. The number of hydrogen-bond acceptors (Lipinski definition) is 1. The molecule has 3 rings (SSSR count). The normalized spacial score (nSPS) is 14.1. The molecule has 0 spiro atoms. The van der Waals surface area contributed by atoms with Gasteiger partial charge in [0, 0.05) is 5.92 Å². The Balaban J connectivity index is 2.03. The summed E-state index contributed by atoms with van der Waals surface area (Å²) in [5.41, 5.74) is 2.16. The summed E-state index contributed by atoms with van der Waals surface area (Å²) < 4.78 is 0. The van der Waals surface area contributed by atoms with Crippen LogP contribution in [0.25, 0.3) is 10.8 Å². The molecule has 1 N–H and O–H groups in total. The number of fused-ring (bicyclic) bond motifs is 1. The van der Waals surface area contributed by atoms with E-state index >= 15 is 0 Å². The van der Waals surface area contributed by atoms with Crippen molar-refractivity contribution >= 4 is 10.8 Å². The second-order valence-electron chi connectivity index (χ2n) is 5.21. The first-order valence-corrected chi connectivity index (χ1v) is 6.98. The van der Waals surface area contributed by atoms with Gasteiger partial charge in [-0.3, -0.25) is 0 Å². The lowest BCUT2D eigenvalue weighted by atomic mass is 9.88. The summed E-state index contributed by atoms with van der Waals surface area (Å²) in [4.78, 5) is 0. The third-order valence-corrected chi connectivity index (χ3v) is 3.94. The average molecular weight is 262 g/mol. The third-order valence-electron chi connectivity index (χ3n) is 3.94. The van der Waals surface area contributed by atoms with Crippen LogP contribution in [0.2, 0.25) is 0 Å². The second kappa shape index (κ2) is 5.48. The molecular weight excluding hydrogens is 244 g/mol. The molecule has 1 heteroatoms. The summed E-state index contributed by atoms with van der Waals surface area (Å²) in [7, 11) is 0. The summed E-state index contributed by atoms with van der Waals surface area (Å²) in [6.07, 6.45) is -0.497. The van der Waals surface area contributed by atoms with Crippen molar-refractivity contribution in [1.82, 2.24) is 0 Å². The van der Waals surface area contributed by atoms with Gasteiger partial charge in [-0.1, -0.05) is 79.7 Å². The Bertz CT molecular complexity index is 698. The molecule has 0 aliphatic heterocycles. The predicted octanol–water partition coefficient (Wildman–Crippen LogP) is 4.68. The average Bonchev–Trinajstić information content (AvgIpc) is 2.54. The molecule has 100 valence electrons. The molecule has 0 amide bonds. The Morgan fingerprint density at radius 2 is 1.40 bits per heavy atom. The first-order chi connectivity index (χ1) is 9.77. The van der Waals surface area contributed by atoms with Crippen molar-refractivity contribution in [2.24, 2.45) is 0 Å². The fourth-order valence-electron chi connectivity index (χ4n) is 2.72. The molecule has 0 aliphatic rings. The van der Waals surface area contributed by atoms with Crippen molar-refractivity contribution in [2.45, 2.75) is 18.9 Å². The van der Waals surface area contributed by atoms with E-state index in [4.69, 9.17) is 0 Å². The van der Waals surface area contributed by atoms with E-state index in [-0.39, 0.29) is 5.92 Å². The Kier molecular flexibility index (Phi) is 3.53. The van der Waals surface area contributed by atoms with Gasteiger partial charge in [0.2, 0.25) is 0 Å². The van der Waals surface area contributed by atoms with Crippen LogP contribution in [0, 0.1) is 0 Å². The molecule has 20 heavy (non-hydrogen) atoms. The zero-order valence-electron chi connectivity index (χ0n) is 11.5. The fraction of sp³-hybridized carbons (Fsp3) is 0.158. The lowest BCUT2D eigenvalue weighted by Gasteiger charge is -2.21. The summed E-state index contributed by atoms with van der Waals surface area (Å²) in [5.74, 6) is 0.0713. The standard InChI is InChI=1S/C19H18O/c1-14(15-8-3-2-4-9-15)19(20)18-13-7-11-16-10-5-6-12-17(16)18/h2-14,19-20H,1H3/t14-,19+/m0/s1. The number of benzene rings is 3. The molecule has 0 aromatic heterocycles. The molecule has 0 bridgehead atoms. The maximum atomic E-state index is 10.7. The van der Waals surface area contributed by atoms with Crippen LogP contribution in [0.4, 0.5) is 0 Å². The highest BCUT2D eigenvalue weighted by atomic mass is 16.3. The maximum Gasteiger partial charge on any atom is 0.0861 e. The monoisotopic (exact) mass is 262 g/mol. The van der Waals surface area contributed by atoms with Gasteiger partial charge in [0.05, 0.1) is 6.10 Å². The molecule has 1 nitrogen and oxygen atoms in total. The van der Waals surface area contributed by atoms with E-state index in [1.165, 1.54) is 5.39 Å². The van der Waals surface area contributed by atoms with Gasteiger partial charge in [-0.25, -0.2) is 0 Å². The first-order valence-electron chi connectivity index (χ1n) is 6.98. The van der Waals surface area contributed by atoms with Crippen molar-refractivity contribution in [2.75, 3.05) is 0 Å². The predicted molar refractivity (Wildman–Crippen MR) is 83.8 cm³/mol. The molecule has 3 aromatic carbocycles. The molecule has 0 fully saturated rings. The number of aliphatic hydroxyl groups excluding tert-OH is 1. The Morgan fingerprint density at radius 3 is 2.20 bits per heavy atom. The fourth-order valence-corrected chi connectivity index (χ4v) is 2.72. The van der Waals surface area contributed by atoms with Crippen LogP contribution in [0.3, 0.4) is 0 Å². The summed E-state index contributed by atoms with van der Waals surface area (Å²) in [5, 5.41) is 13.0. The smallest absolute Gasteiger partial charge is 0.0861 e. The molecule has 0 heterocycles. The summed E-state index contributed by atoms with van der Waals surface area (Å²) in [6.45, 7) is 2.07. The Hall–Kier alpha value is -2.12. The largest absolute Gasteiger partial charge is 0.388 e. The van der Waals surface area contributed by atoms with E-state index in [0.717, 1.165) is 16.5 Å². The zero-order valence-corrected chi connectivity index (χ0v) is 11.5. The van der Waals surface area contributed by atoms with Crippen molar-refractivity contribution < 1.29 is 5.11 Å². The molecular formula is C19H18O. The van der Waals surface area contributed by atoms with Gasteiger partial charge in [0.15, 0.2) is 0 Å². The number of hydrogen-bond donors (Lipinski definition) is 1. The Labute approximate surface area is 119 Å². The van der Waals surface area contributed by atoms with E-state index in [2.05, 4.69) is 37.3 Å². The first kappa shape index (κ1) is 12.9. The van der Waals surface area contributed by atoms with E-state index in [1.54, 1.807) is 0 Å². The van der Waals surface area contributed by atoms with Crippen LogP contribution in [-0.2, 0) is 0 Å². The highest BCUT2D eigenvalue weighted by Gasteiger charge is 2.19. The van der Waals surface area contributed by atoms with E-state index < -0.39 is 6.10 Å². The van der Waals surface area contributed by atoms with E-state index in [1.807, 2.05) is 42.5 Å². The molecule has 0 saturated heterocycles. The van der Waals surface area contributed by atoms with Gasteiger partial charge >= 0.3 is 0 Å². The van der Waals surface area contributed by atoms with Gasteiger partial charge in [-0.2, -0.15) is 0 Å². The molecule has 0 saturated carbocycles. The quantitative estimate of drug-likeness (QED) is 0.726. The highest BCUT2D eigenvalue weighted by molar-refractivity contribution is 5.86. The van der Waals surface area contributed by atoms with Gasteiger partial charge in [-0.05, 0) is 21.9 Å². The van der Waals surface area contributed by atoms with Crippen molar-refractivity contribution in [3.05, 3.63) is 83.9 Å². The van der Waals surface area contributed by atoms with Gasteiger partial charge in [0.25, 0.3) is 0 Å². The van der Waals surface area contributed by atoms with E-state index in [0.29, 0.717) is 0 Å². The number of rotatable bonds is 3. The van der Waals surface area contributed by atoms with Crippen LogP contribution in [0.1, 0.15) is 30.1 Å². The zero-order chi connectivity index (χ0) is 13.9. The van der Waals surface area contributed by atoms with Crippen LogP contribution in [0.15, 0.2) is 72.8 Å². The lowest BCUT2D eigenvalue weighted by molar-refractivity contribution is 0.153. The van der Waals surface area contributed by atoms with Crippen LogP contribution in [0.5, 0.6) is 0 Å². The molecule has 0 radical (unpaired) electrons. The van der Waals surface area contributed by atoms with Crippen molar-refractivity contribution in [1.29, 1.82) is 0 Å². The van der Waals surface area contributed by atoms with Gasteiger partial charge in [0.1, 0.15) is 0 Å². The maximum absolute atomic E-state index is 10.7. The van der Waals surface area contributed by atoms with E-state index in [9.17, 15) is 5.11 Å². The van der Waals surface area contributed by atoms with Gasteiger partial charge < -0.3 is 5.11 Å². The molecule has 0 unspecified atom stereocenters. The minimum absolute atomic E-state index is 0.0713. The second-order valence-corrected chi connectivity index (χ2v) is 5.21. The van der Waals surface area contributed by atoms with Gasteiger partial charge in [-0.15, -0.1) is 0 Å². The SMILES string of the molecule is C[C@@H](c1ccccc1)[C@@H](O)c1cccc2ccccc12. The third kappa shape index (κ3) is 2.33.